The van der Waals surface area contributed by atoms with Crippen LogP contribution in [0.15, 0.2) is 36.5 Å². The highest BCUT2D eigenvalue weighted by Crippen LogP contribution is 2.16. The molecule has 416 valence electrons. The summed E-state index contributed by atoms with van der Waals surface area (Å²) in [6, 6.07) is 0. The van der Waals surface area contributed by atoms with Crippen molar-refractivity contribution < 1.29 is 28.6 Å². The molecule has 0 aromatic carbocycles. The van der Waals surface area contributed by atoms with Gasteiger partial charge in [-0.3, -0.25) is 14.4 Å². The van der Waals surface area contributed by atoms with Crippen LogP contribution < -0.4 is 0 Å². The van der Waals surface area contributed by atoms with Gasteiger partial charge < -0.3 is 14.2 Å². The molecule has 0 radical (unpaired) electrons. The molecule has 0 N–H and O–H groups in total. The maximum Gasteiger partial charge on any atom is 0.306 e. The molecule has 0 heterocycles. The van der Waals surface area contributed by atoms with Crippen LogP contribution in [0.5, 0.6) is 0 Å². The van der Waals surface area contributed by atoms with Crippen molar-refractivity contribution in [1.82, 2.24) is 0 Å². The summed E-state index contributed by atoms with van der Waals surface area (Å²) in [5.41, 5.74) is 0. The van der Waals surface area contributed by atoms with Gasteiger partial charge in [0.2, 0.25) is 0 Å². The third-order valence-corrected chi connectivity index (χ3v) is 14.1. The summed E-state index contributed by atoms with van der Waals surface area (Å²) in [5.74, 6) is -0.867. The zero-order valence-electron chi connectivity index (χ0n) is 47.8. The van der Waals surface area contributed by atoms with Crippen LogP contribution in [0.1, 0.15) is 342 Å². The molecule has 0 aliphatic rings. The van der Waals surface area contributed by atoms with Crippen LogP contribution in [0, 0.1) is 0 Å². The fraction of sp³-hybridized carbons (Fsp3) is 0.862. The number of carbonyl (C=O) groups excluding carboxylic acids is 3. The Balaban J connectivity index is 4.35. The molecule has 0 saturated heterocycles. The molecule has 0 rings (SSSR count). The van der Waals surface area contributed by atoms with Gasteiger partial charge in [0, 0.05) is 19.3 Å². The molecular weight excluding hydrogens is 877 g/mol. The van der Waals surface area contributed by atoms with E-state index in [1.54, 1.807) is 0 Å². The highest BCUT2D eigenvalue weighted by molar-refractivity contribution is 5.71. The van der Waals surface area contributed by atoms with Crippen molar-refractivity contribution in [3.05, 3.63) is 36.5 Å². The maximum atomic E-state index is 12.9. The molecule has 0 aromatic heterocycles. The highest BCUT2D eigenvalue weighted by Gasteiger charge is 2.19. The highest BCUT2D eigenvalue weighted by atomic mass is 16.6. The van der Waals surface area contributed by atoms with Crippen LogP contribution in [0.2, 0.25) is 0 Å². The van der Waals surface area contributed by atoms with Gasteiger partial charge in [-0.05, 0) is 96.3 Å². The molecule has 0 spiro atoms. The fourth-order valence-electron chi connectivity index (χ4n) is 9.31. The van der Waals surface area contributed by atoms with Crippen LogP contribution in [0.4, 0.5) is 0 Å². The zero-order valence-corrected chi connectivity index (χ0v) is 47.8. The van der Waals surface area contributed by atoms with Crippen molar-refractivity contribution in [2.24, 2.45) is 0 Å². The van der Waals surface area contributed by atoms with Gasteiger partial charge in [0.05, 0.1) is 0 Å². The molecule has 0 saturated carbocycles. The largest absolute Gasteiger partial charge is 0.462 e. The van der Waals surface area contributed by atoms with Gasteiger partial charge in [0.25, 0.3) is 0 Å². The number of ether oxygens (including phenoxy) is 3. The standard InChI is InChI=1S/C65H120O6/c1-4-7-10-13-16-19-22-25-28-30-32-34-37-40-43-46-49-52-55-58-64(67)70-61-62(60-69-63(66)57-54-51-48-45-42-39-36-27-24-21-18-15-12-9-6-3)71-65(68)59-56-53-50-47-44-41-38-35-33-31-29-26-23-20-17-14-11-8-5-2/h21,24,30-33,62H,4-20,22-23,25-29,34-61H2,1-3H3/b24-21-,32-30-,33-31-. The number of unbranched alkanes of at least 4 members (excludes halogenated alkanes) is 41. The van der Waals surface area contributed by atoms with Crippen molar-refractivity contribution in [2.75, 3.05) is 13.2 Å². The van der Waals surface area contributed by atoms with Gasteiger partial charge >= 0.3 is 17.9 Å². The number of rotatable bonds is 58. The Morgan fingerprint density at radius 2 is 0.465 bits per heavy atom. The summed E-state index contributed by atoms with van der Waals surface area (Å²) < 4.78 is 16.9. The van der Waals surface area contributed by atoms with E-state index in [0.717, 1.165) is 57.8 Å². The third-order valence-electron chi connectivity index (χ3n) is 14.1. The summed E-state index contributed by atoms with van der Waals surface area (Å²) in [4.78, 5) is 38.3. The van der Waals surface area contributed by atoms with Crippen molar-refractivity contribution in [1.29, 1.82) is 0 Å². The minimum absolute atomic E-state index is 0.0748. The average Bonchev–Trinajstić information content (AvgIpc) is 3.37. The van der Waals surface area contributed by atoms with Gasteiger partial charge in [-0.2, -0.15) is 0 Å². The van der Waals surface area contributed by atoms with Gasteiger partial charge in [-0.1, -0.05) is 263 Å². The van der Waals surface area contributed by atoms with Crippen molar-refractivity contribution in [3.63, 3.8) is 0 Å². The molecule has 0 amide bonds. The summed E-state index contributed by atoms with van der Waals surface area (Å²) >= 11 is 0. The zero-order chi connectivity index (χ0) is 51.4. The smallest absolute Gasteiger partial charge is 0.306 e. The van der Waals surface area contributed by atoms with Gasteiger partial charge in [0.1, 0.15) is 13.2 Å². The second kappa shape index (κ2) is 60.2. The maximum absolute atomic E-state index is 12.9. The summed E-state index contributed by atoms with van der Waals surface area (Å²) in [5, 5.41) is 0. The first-order chi connectivity index (χ1) is 35.0. The molecule has 1 atom stereocenters. The molecule has 1 unspecified atom stereocenters. The first kappa shape index (κ1) is 68.6. The van der Waals surface area contributed by atoms with Crippen LogP contribution in [-0.4, -0.2) is 37.2 Å². The van der Waals surface area contributed by atoms with Crippen LogP contribution in [0.3, 0.4) is 0 Å². The fourth-order valence-corrected chi connectivity index (χ4v) is 9.31. The van der Waals surface area contributed by atoms with Crippen molar-refractivity contribution in [2.45, 2.75) is 348 Å². The third kappa shape index (κ3) is 58.4. The molecular formula is C65H120O6. The predicted molar refractivity (Wildman–Crippen MR) is 307 cm³/mol. The van der Waals surface area contributed by atoms with Crippen LogP contribution in [0.25, 0.3) is 0 Å². The quantitative estimate of drug-likeness (QED) is 0.0261. The number of carbonyl (C=O) groups is 3. The number of hydrogen-bond donors (Lipinski definition) is 0. The predicted octanol–water partition coefficient (Wildman–Crippen LogP) is 21.2. The Bertz CT molecular complexity index is 1190. The lowest BCUT2D eigenvalue weighted by atomic mass is 10.1. The number of hydrogen-bond acceptors (Lipinski definition) is 6. The molecule has 0 bridgehead atoms. The Labute approximate surface area is 442 Å². The molecule has 0 fully saturated rings. The summed E-state index contributed by atoms with van der Waals surface area (Å²) in [7, 11) is 0. The van der Waals surface area contributed by atoms with E-state index < -0.39 is 6.10 Å². The minimum atomic E-state index is -0.777. The molecule has 0 aromatic rings. The van der Waals surface area contributed by atoms with E-state index in [-0.39, 0.29) is 31.1 Å². The number of allylic oxidation sites excluding steroid dienone is 6. The topological polar surface area (TPSA) is 78.9 Å². The lowest BCUT2D eigenvalue weighted by molar-refractivity contribution is -0.167. The van der Waals surface area contributed by atoms with E-state index in [1.807, 2.05) is 0 Å². The van der Waals surface area contributed by atoms with Crippen molar-refractivity contribution in [3.8, 4) is 0 Å². The molecule has 0 aliphatic heterocycles. The number of esters is 3. The SMILES string of the molecule is CCCCCC/C=C\CCCCCCCCCC(=O)OCC(COC(=O)CCCCCCCCC/C=C\CCCCCCCCCC)OC(=O)CCCCCCCCC/C=C\CCCCCCCCCC. The summed E-state index contributed by atoms with van der Waals surface area (Å²) in [6.07, 6.45) is 72.8. The Morgan fingerprint density at radius 3 is 0.718 bits per heavy atom. The average molecular weight is 998 g/mol. The minimum Gasteiger partial charge on any atom is -0.462 e. The van der Waals surface area contributed by atoms with E-state index in [2.05, 4.69) is 57.2 Å². The Hall–Kier alpha value is -2.37. The lowest BCUT2D eigenvalue weighted by Gasteiger charge is -2.18. The molecule has 6 nitrogen and oxygen atoms in total. The normalized spacial score (nSPS) is 12.2. The monoisotopic (exact) mass is 997 g/mol. The molecule has 6 heteroatoms. The molecule has 71 heavy (non-hydrogen) atoms. The van der Waals surface area contributed by atoms with Gasteiger partial charge in [-0.15, -0.1) is 0 Å². The Morgan fingerprint density at radius 1 is 0.268 bits per heavy atom. The first-order valence-corrected chi connectivity index (χ1v) is 31.5. The van der Waals surface area contributed by atoms with E-state index in [4.69, 9.17) is 14.2 Å². The molecule has 0 aliphatic carbocycles. The van der Waals surface area contributed by atoms with Crippen LogP contribution >= 0.6 is 0 Å². The first-order valence-electron chi connectivity index (χ1n) is 31.5. The second-order valence-corrected chi connectivity index (χ2v) is 21.3. The van der Waals surface area contributed by atoms with Gasteiger partial charge in [0.15, 0.2) is 6.10 Å². The summed E-state index contributed by atoms with van der Waals surface area (Å²) in [6.45, 7) is 6.67. The van der Waals surface area contributed by atoms with E-state index in [1.165, 1.54) is 244 Å². The van der Waals surface area contributed by atoms with E-state index in [0.29, 0.717) is 19.3 Å². The second-order valence-electron chi connectivity index (χ2n) is 21.3. The van der Waals surface area contributed by atoms with Gasteiger partial charge in [-0.25, -0.2) is 0 Å². The van der Waals surface area contributed by atoms with E-state index >= 15 is 0 Å². The lowest BCUT2D eigenvalue weighted by Crippen LogP contribution is -2.30. The van der Waals surface area contributed by atoms with Crippen LogP contribution in [-0.2, 0) is 28.6 Å². The Kier molecular flexibility index (Phi) is 58.2. The van der Waals surface area contributed by atoms with Crippen molar-refractivity contribution >= 4 is 17.9 Å². The van der Waals surface area contributed by atoms with E-state index in [9.17, 15) is 14.4 Å².